The van der Waals surface area contributed by atoms with Crippen molar-refractivity contribution in [1.29, 1.82) is 0 Å². The van der Waals surface area contributed by atoms with E-state index in [0.29, 0.717) is 49.6 Å². The fourth-order valence-corrected chi connectivity index (χ4v) is 4.68. The molecule has 1 atom stereocenters. The minimum atomic E-state index is -0.312. The Bertz CT molecular complexity index is 1100. The number of rotatable bonds is 6. The maximum Gasteiger partial charge on any atom is 0.259 e. The Morgan fingerprint density at radius 2 is 1.79 bits per heavy atom. The molecule has 0 spiro atoms. The lowest BCUT2D eigenvalue weighted by molar-refractivity contribution is -0.134. The van der Waals surface area contributed by atoms with Gasteiger partial charge in [0.25, 0.3) is 5.91 Å². The lowest BCUT2D eigenvalue weighted by atomic mass is 9.91. The molecule has 1 saturated heterocycles. The molecular formula is C27H31N3O3. The molecule has 0 radical (unpaired) electrons. The van der Waals surface area contributed by atoms with Crippen LogP contribution in [0.25, 0.3) is 11.1 Å². The molecule has 2 aromatic carbocycles. The van der Waals surface area contributed by atoms with Crippen molar-refractivity contribution in [3.63, 3.8) is 0 Å². The topological polar surface area (TPSA) is 66.7 Å². The largest absolute Gasteiger partial charge is 0.361 e. The van der Waals surface area contributed by atoms with E-state index in [9.17, 15) is 9.59 Å². The lowest BCUT2D eigenvalue weighted by Gasteiger charge is -2.24. The van der Waals surface area contributed by atoms with Crippen molar-refractivity contribution < 1.29 is 14.1 Å². The van der Waals surface area contributed by atoms with Gasteiger partial charge in [-0.1, -0.05) is 66.7 Å². The Kier molecular flexibility index (Phi) is 6.92. The zero-order chi connectivity index (χ0) is 23.4. The van der Waals surface area contributed by atoms with Crippen LogP contribution in [0.5, 0.6) is 0 Å². The summed E-state index contributed by atoms with van der Waals surface area (Å²) < 4.78 is 5.23. The van der Waals surface area contributed by atoms with Gasteiger partial charge in [-0.3, -0.25) is 9.59 Å². The van der Waals surface area contributed by atoms with E-state index in [0.717, 1.165) is 23.1 Å². The number of hydrogen-bond acceptors (Lipinski definition) is 4. The third kappa shape index (κ3) is 4.85. The smallest absolute Gasteiger partial charge is 0.259 e. The minimum absolute atomic E-state index is 0.112. The maximum atomic E-state index is 13.5. The highest BCUT2D eigenvalue weighted by Gasteiger charge is 2.34. The molecule has 0 saturated carbocycles. The second kappa shape index (κ2) is 10.0. The predicted molar refractivity (Wildman–Crippen MR) is 128 cm³/mol. The molecule has 0 bridgehead atoms. The van der Waals surface area contributed by atoms with Gasteiger partial charge in [-0.25, -0.2) is 0 Å². The summed E-state index contributed by atoms with van der Waals surface area (Å²) >= 11 is 0. The molecule has 4 rings (SSSR count). The summed E-state index contributed by atoms with van der Waals surface area (Å²) in [5.41, 5.74) is 4.47. The van der Waals surface area contributed by atoms with Crippen LogP contribution in [0.4, 0.5) is 0 Å². The molecule has 2 amide bonds. The van der Waals surface area contributed by atoms with Crippen LogP contribution in [0.2, 0.25) is 0 Å². The van der Waals surface area contributed by atoms with Gasteiger partial charge >= 0.3 is 0 Å². The summed E-state index contributed by atoms with van der Waals surface area (Å²) in [5, 5.41) is 3.95. The first-order chi connectivity index (χ1) is 16.0. The Hall–Kier alpha value is -3.41. The molecular weight excluding hydrogens is 414 g/mol. The third-order valence-corrected chi connectivity index (χ3v) is 6.34. The predicted octanol–water partition coefficient (Wildman–Crippen LogP) is 4.51. The Balaban J connectivity index is 1.65. The molecule has 172 valence electrons. The summed E-state index contributed by atoms with van der Waals surface area (Å²) in [5.74, 6) is 0.213. The first kappa shape index (κ1) is 22.8. The van der Waals surface area contributed by atoms with Crippen molar-refractivity contribution in [3.05, 3.63) is 77.2 Å². The second-order valence-electron chi connectivity index (χ2n) is 8.70. The summed E-state index contributed by atoms with van der Waals surface area (Å²) in [4.78, 5) is 30.7. The zero-order valence-corrected chi connectivity index (χ0v) is 19.6. The van der Waals surface area contributed by atoms with E-state index in [4.69, 9.17) is 4.52 Å². The monoisotopic (exact) mass is 445 g/mol. The quantitative estimate of drug-likeness (QED) is 0.560. The molecule has 0 aliphatic carbocycles. The van der Waals surface area contributed by atoms with Gasteiger partial charge in [0.05, 0.1) is 11.6 Å². The van der Waals surface area contributed by atoms with Crippen LogP contribution in [0.3, 0.4) is 0 Å². The summed E-state index contributed by atoms with van der Waals surface area (Å²) in [7, 11) is 0. The fourth-order valence-electron chi connectivity index (χ4n) is 4.68. The van der Waals surface area contributed by atoms with Crippen molar-refractivity contribution in [1.82, 2.24) is 15.0 Å². The van der Waals surface area contributed by atoms with E-state index >= 15 is 0 Å². The van der Waals surface area contributed by atoms with E-state index in [-0.39, 0.29) is 17.7 Å². The number of benzene rings is 2. The van der Waals surface area contributed by atoms with Crippen LogP contribution < -0.4 is 0 Å². The average Bonchev–Trinajstić information content (AvgIpc) is 3.09. The molecule has 1 aliphatic rings. The number of hydrogen-bond donors (Lipinski definition) is 0. The summed E-state index contributed by atoms with van der Waals surface area (Å²) in [6, 6.07) is 18.5. The Labute approximate surface area is 195 Å². The minimum Gasteiger partial charge on any atom is -0.361 e. The molecule has 1 fully saturated rings. The molecule has 6 nitrogen and oxygen atoms in total. The zero-order valence-electron chi connectivity index (χ0n) is 19.6. The first-order valence-electron chi connectivity index (χ1n) is 11.6. The summed E-state index contributed by atoms with van der Waals surface area (Å²) in [6.07, 6.45) is 1.46. The average molecular weight is 446 g/mol. The number of nitrogens with zero attached hydrogens (tertiary/aromatic N) is 3. The number of aryl methyl sites for hydroxylation is 2. The Morgan fingerprint density at radius 1 is 1.06 bits per heavy atom. The van der Waals surface area contributed by atoms with Crippen LogP contribution in [0, 0.1) is 19.8 Å². The molecule has 6 heteroatoms. The van der Waals surface area contributed by atoms with Crippen molar-refractivity contribution in [2.75, 3.05) is 26.2 Å². The van der Waals surface area contributed by atoms with Crippen molar-refractivity contribution in [2.45, 2.75) is 33.6 Å². The molecule has 0 N–H and O–H groups in total. The molecule has 3 aromatic rings. The number of aromatic nitrogens is 1. The fraction of sp³-hybridized carbons (Fsp3) is 0.370. The second-order valence-corrected chi connectivity index (χ2v) is 8.70. The summed E-state index contributed by atoms with van der Waals surface area (Å²) in [6.45, 7) is 7.74. The van der Waals surface area contributed by atoms with Crippen LogP contribution in [0.15, 0.2) is 59.1 Å². The van der Waals surface area contributed by atoms with Crippen molar-refractivity contribution >= 4 is 11.8 Å². The number of carbonyl (C=O) groups excluding carboxylic acids is 2. The van der Waals surface area contributed by atoms with E-state index < -0.39 is 0 Å². The van der Waals surface area contributed by atoms with E-state index in [1.807, 2.05) is 35.2 Å². The standard InChI is InChI=1S/C27H31N3O3/c1-4-14-29-15-16-30(27(32)25-19(2)28-33-20(25)3)18-23(26(29)31)17-22-12-8-9-13-24(22)21-10-6-5-7-11-21/h5-13,23H,4,14-18H2,1-3H3. The van der Waals surface area contributed by atoms with Crippen LogP contribution >= 0.6 is 0 Å². The SMILES string of the molecule is CCCN1CCN(C(=O)c2c(C)noc2C)CC(Cc2ccccc2-c2ccccc2)C1=O. The van der Waals surface area contributed by atoms with Gasteiger partial charge in [-0.05, 0) is 43.4 Å². The maximum absolute atomic E-state index is 13.5. The highest BCUT2D eigenvalue weighted by molar-refractivity contribution is 5.96. The van der Waals surface area contributed by atoms with Gasteiger partial charge in [-0.15, -0.1) is 0 Å². The third-order valence-electron chi connectivity index (χ3n) is 6.34. The Morgan fingerprint density at radius 3 is 2.48 bits per heavy atom. The van der Waals surface area contributed by atoms with Gasteiger partial charge < -0.3 is 14.3 Å². The number of carbonyl (C=O) groups is 2. The van der Waals surface area contributed by atoms with Crippen LogP contribution in [0.1, 0.15) is 40.7 Å². The molecule has 33 heavy (non-hydrogen) atoms. The van der Waals surface area contributed by atoms with Crippen LogP contribution in [-0.2, 0) is 11.2 Å². The molecule has 2 heterocycles. The van der Waals surface area contributed by atoms with E-state index in [2.05, 4.69) is 36.3 Å². The van der Waals surface area contributed by atoms with E-state index in [1.54, 1.807) is 18.7 Å². The lowest BCUT2D eigenvalue weighted by Crippen LogP contribution is -2.38. The first-order valence-corrected chi connectivity index (χ1v) is 11.6. The van der Waals surface area contributed by atoms with Crippen LogP contribution in [-0.4, -0.2) is 52.9 Å². The van der Waals surface area contributed by atoms with Gasteiger partial charge in [0.15, 0.2) is 0 Å². The van der Waals surface area contributed by atoms with Crippen molar-refractivity contribution in [3.8, 4) is 11.1 Å². The molecule has 1 unspecified atom stereocenters. The highest BCUT2D eigenvalue weighted by Crippen LogP contribution is 2.28. The van der Waals surface area contributed by atoms with Crippen molar-refractivity contribution in [2.24, 2.45) is 5.92 Å². The normalized spacial score (nSPS) is 16.7. The van der Waals surface area contributed by atoms with Gasteiger partial charge in [0.1, 0.15) is 11.3 Å². The highest BCUT2D eigenvalue weighted by atomic mass is 16.5. The van der Waals surface area contributed by atoms with Gasteiger partial charge in [-0.2, -0.15) is 0 Å². The van der Waals surface area contributed by atoms with Gasteiger partial charge in [0, 0.05) is 26.2 Å². The van der Waals surface area contributed by atoms with Gasteiger partial charge in [0.2, 0.25) is 5.91 Å². The molecule has 1 aliphatic heterocycles. The molecule has 1 aromatic heterocycles. The van der Waals surface area contributed by atoms with E-state index in [1.165, 1.54) is 0 Å². The number of amides is 2.